The Morgan fingerprint density at radius 2 is 2.12 bits per heavy atom. The van der Waals surface area contributed by atoms with Crippen LogP contribution < -0.4 is 5.32 Å². The Hall–Kier alpha value is -0.0800. The van der Waals surface area contributed by atoms with Crippen molar-refractivity contribution in [2.75, 3.05) is 20.3 Å². The Morgan fingerprint density at radius 1 is 1.31 bits per heavy atom. The van der Waals surface area contributed by atoms with Gasteiger partial charge in [0.2, 0.25) is 0 Å². The highest BCUT2D eigenvalue weighted by Gasteiger charge is 2.27. The van der Waals surface area contributed by atoms with Crippen molar-refractivity contribution in [3.05, 3.63) is 0 Å². The van der Waals surface area contributed by atoms with E-state index in [4.69, 9.17) is 4.74 Å². The second kappa shape index (κ2) is 8.08. The lowest BCUT2D eigenvalue weighted by Crippen LogP contribution is -2.42. The summed E-state index contributed by atoms with van der Waals surface area (Å²) in [7, 11) is 1.82. The highest BCUT2D eigenvalue weighted by atomic mass is 16.5. The monoisotopic (exact) mass is 227 g/mol. The second-order valence-corrected chi connectivity index (χ2v) is 5.22. The number of hydrogen-bond acceptors (Lipinski definition) is 2. The van der Waals surface area contributed by atoms with Crippen LogP contribution in [0, 0.1) is 11.8 Å². The van der Waals surface area contributed by atoms with Crippen LogP contribution in [0.2, 0.25) is 0 Å². The van der Waals surface area contributed by atoms with E-state index in [2.05, 4.69) is 19.2 Å². The van der Waals surface area contributed by atoms with Crippen molar-refractivity contribution >= 4 is 0 Å². The lowest BCUT2D eigenvalue weighted by Gasteiger charge is -2.34. The molecule has 96 valence electrons. The smallest absolute Gasteiger partial charge is 0.0618 e. The first kappa shape index (κ1) is 14.0. The molecule has 0 saturated heterocycles. The minimum atomic E-state index is 0.583. The SMILES string of the molecule is CCCNC(COC)C1CCCC(CC)C1. The number of methoxy groups -OCH3 is 1. The zero-order valence-electron chi connectivity index (χ0n) is 11.3. The van der Waals surface area contributed by atoms with Gasteiger partial charge in [-0.05, 0) is 37.6 Å². The highest BCUT2D eigenvalue weighted by molar-refractivity contribution is 4.82. The fourth-order valence-corrected chi connectivity index (χ4v) is 2.94. The molecule has 0 bridgehead atoms. The van der Waals surface area contributed by atoms with Crippen molar-refractivity contribution in [1.82, 2.24) is 5.32 Å². The van der Waals surface area contributed by atoms with Crippen LogP contribution in [-0.2, 0) is 4.74 Å². The number of rotatable bonds is 7. The van der Waals surface area contributed by atoms with Crippen LogP contribution in [0.3, 0.4) is 0 Å². The molecule has 3 atom stereocenters. The van der Waals surface area contributed by atoms with E-state index < -0.39 is 0 Å². The Balaban J connectivity index is 2.41. The molecule has 0 amide bonds. The zero-order chi connectivity index (χ0) is 11.8. The first-order valence-electron chi connectivity index (χ1n) is 7.04. The molecular formula is C14H29NO. The van der Waals surface area contributed by atoms with E-state index >= 15 is 0 Å². The van der Waals surface area contributed by atoms with E-state index in [1.807, 2.05) is 7.11 Å². The maximum Gasteiger partial charge on any atom is 0.0618 e. The van der Waals surface area contributed by atoms with E-state index in [1.165, 1.54) is 38.5 Å². The minimum absolute atomic E-state index is 0.583. The molecule has 0 aromatic rings. The molecule has 0 aromatic heterocycles. The summed E-state index contributed by atoms with van der Waals surface area (Å²) in [5, 5.41) is 3.66. The van der Waals surface area contributed by atoms with Gasteiger partial charge in [-0.15, -0.1) is 0 Å². The molecule has 1 aliphatic carbocycles. The first-order valence-corrected chi connectivity index (χ1v) is 7.04. The molecule has 1 N–H and O–H groups in total. The largest absolute Gasteiger partial charge is 0.383 e. The van der Waals surface area contributed by atoms with Gasteiger partial charge < -0.3 is 10.1 Å². The quantitative estimate of drug-likeness (QED) is 0.721. The summed E-state index contributed by atoms with van der Waals surface area (Å²) < 4.78 is 5.36. The summed E-state index contributed by atoms with van der Waals surface area (Å²) in [5.74, 6) is 1.80. The van der Waals surface area contributed by atoms with Gasteiger partial charge in [0.15, 0.2) is 0 Å². The van der Waals surface area contributed by atoms with Crippen molar-refractivity contribution in [1.29, 1.82) is 0 Å². The number of ether oxygens (including phenoxy) is 1. The Morgan fingerprint density at radius 3 is 2.75 bits per heavy atom. The molecule has 0 heterocycles. The Kier molecular flexibility index (Phi) is 7.06. The number of hydrogen-bond donors (Lipinski definition) is 1. The standard InChI is InChI=1S/C14H29NO/c1-4-9-15-14(11-16-3)13-8-6-7-12(5-2)10-13/h12-15H,4-11H2,1-3H3. The van der Waals surface area contributed by atoms with Crippen LogP contribution in [-0.4, -0.2) is 26.3 Å². The highest BCUT2D eigenvalue weighted by Crippen LogP contribution is 2.32. The second-order valence-electron chi connectivity index (χ2n) is 5.22. The molecule has 1 saturated carbocycles. The zero-order valence-corrected chi connectivity index (χ0v) is 11.3. The van der Waals surface area contributed by atoms with Crippen LogP contribution in [0.15, 0.2) is 0 Å². The van der Waals surface area contributed by atoms with E-state index in [0.717, 1.165) is 25.0 Å². The van der Waals surface area contributed by atoms with Gasteiger partial charge >= 0.3 is 0 Å². The number of nitrogens with one attached hydrogen (secondary N) is 1. The molecule has 1 fully saturated rings. The van der Waals surface area contributed by atoms with Crippen molar-refractivity contribution < 1.29 is 4.74 Å². The molecular weight excluding hydrogens is 198 g/mol. The fraction of sp³-hybridized carbons (Fsp3) is 1.00. The molecule has 1 rings (SSSR count). The molecule has 2 heteroatoms. The van der Waals surface area contributed by atoms with Crippen LogP contribution in [0.1, 0.15) is 52.4 Å². The van der Waals surface area contributed by atoms with Gasteiger partial charge in [-0.1, -0.05) is 33.1 Å². The lowest BCUT2D eigenvalue weighted by atomic mass is 9.77. The summed E-state index contributed by atoms with van der Waals surface area (Å²) in [5.41, 5.74) is 0. The van der Waals surface area contributed by atoms with Crippen LogP contribution in [0.5, 0.6) is 0 Å². The maximum absolute atomic E-state index is 5.36. The van der Waals surface area contributed by atoms with Gasteiger partial charge in [-0.2, -0.15) is 0 Å². The molecule has 3 unspecified atom stereocenters. The first-order chi connectivity index (χ1) is 7.81. The molecule has 2 nitrogen and oxygen atoms in total. The van der Waals surface area contributed by atoms with Gasteiger partial charge in [-0.3, -0.25) is 0 Å². The third kappa shape index (κ3) is 4.42. The summed E-state index contributed by atoms with van der Waals surface area (Å²) in [6.07, 6.45) is 8.22. The summed E-state index contributed by atoms with van der Waals surface area (Å²) in [6, 6.07) is 0.583. The van der Waals surface area contributed by atoms with Crippen molar-refractivity contribution in [2.24, 2.45) is 11.8 Å². The van der Waals surface area contributed by atoms with Crippen LogP contribution in [0.4, 0.5) is 0 Å². The average molecular weight is 227 g/mol. The van der Waals surface area contributed by atoms with Crippen molar-refractivity contribution in [3.63, 3.8) is 0 Å². The summed E-state index contributed by atoms with van der Waals surface area (Å²) in [4.78, 5) is 0. The fourth-order valence-electron chi connectivity index (χ4n) is 2.94. The third-order valence-electron chi connectivity index (χ3n) is 3.97. The molecule has 0 aliphatic heterocycles. The minimum Gasteiger partial charge on any atom is -0.383 e. The van der Waals surface area contributed by atoms with E-state index in [0.29, 0.717) is 6.04 Å². The van der Waals surface area contributed by atoms with Gasteiger partial charge in [-0.25, -0.2) is 0 Å². The van der Waals surface area contributed by atoms with Crippen LogP contribution >= 0.6 is 0 Å². The summed E-state index contributed by atoms with van der Waals surface area (Å²) in [6.45, 7) is 6.56. The van der Waals surface area contributed by atoms with Gasteiger partial charge in [0.1, 0.15) is 0 Å². The Bertz CT molecular complexity index is 170. The predicted molar refractivity (Wildman–Crippen MR) is 69.7 cm³/mol. The average Bonchev–Trinajstić information content (AvgIpc) is 2.34. The van der Waals surface area contributed by atoms with Crippen molar-refractivity contribution in [3.8, 4) is 0 Å². The maximum atomic E-state index is 5.36. The van der Waals surface area contributed by atoms with E-state index in [-0.39, 0.29) is 0 Å². The Labute approximate surface area is 101 Å². The lowest BCUT2D eigenvalue weighted by molar-refractivity contribution is 0.112. The van der Waals surface area contributed by atoms with Crippen molar-refractivity contribution in [2.45, 2.75) is 58.4 Å². The predicted octanol–water partition coefficient (Wildman–Crippen LogP) is 3.22. The molecule has 0 aromatic carbocycles. The summed E-state index contributed by atoms with van der Waals surface area (Å²) >= 11 is 0. The normalized spacial score (nSPS) is 27.9. The molecule has 0 radical (unpaired) electrons. The molecule has 16 heavy (non-hydrogen) atoms. The van der Waals surface area contributed by atoms with Crippen LogP contribution in [0.25, 0.3) is 0 Å². The van der Waals surface area contributed by atoms with Gasteiger partial charge in [0.05, 0.1) is 6.61 Å². The molecule has 1 aliphatic rings. The van der Waals surface area contributed by atoms with Gasteiger partial charge in [0.25, 0.3) is 0 Å². The van der Waals surface area contributed by atoms with E-state index in [1.54, 1.807) is 0 Å². The van der Waals surface area contributed by atoms with E-state index in [9.17, 15) is 0 Å². The van der Waals surface area contributed by atoms with Gasteiger partial charge in [0, 0.05) is 13.2 Å². The topological polar surface area (TPSA) is 21.3 Å². The third-order valence-corrected chi connectivity index (χ3v) is 3.97. The molecule has 0 spiro atoms.